The Hall–Kier alpha value is -0.0800. The zero-order valence-electron chi connectivity index (χ0n) is 8.26. The van der Waals surface area contributed by atoms with Crippen LogP contribution in [0.15, 0.2) is 0 Å². The largest absolute Gasteiger partial charge is 0.380 e. The third-order valence-electron chi connectivity index (χ3n) is 4.05. The Morgan fingerprint density at radius 2 is 1.92 bits per heavy atom. The molecule has 0 aromatic heterocycles. The second kappa shape index (κ2) is 2.24. The van der Waals surface area contributed by atoms with Crippen LogP contribution in [0, 0.1) is 16.7 Å². The third kappa shape index (κ3) is 0.826. The van der Waals surface area contributed by atoms with Crippen LogP contribution in [0.25, 0.3) is 0 Å². The molecular weight excluding hydrogens is 150 g/mol. The Bertz CT molecular complexity index is 191. The van der Waals surface area contributed by atoms with Gasteiger partial charge in [0.25, 0.3) is 0 Å². The molecule has 1 saturated heterocycles. The van der Waals surface area contributed by atoms with Crippen LogP contribution >= 0.6 is 0 Å². The highest BCUT2D eigenvalue weighted by molar-refractivity contribution is 5.17. The normalized spacial score (nSPS) is 42.0. The second-order valence-electron chi connectivity index (χ2n) is 5.03. The van der Waals surface area contributed by atoms with Crippen LogP contribution in [0.5, 0.6) is 0 Å². The van der Waals surface area contributed by atoms with E-state index >= 15 is 0 Å². The van der Waals surface area contributed by atoms with Gasteiger partial charge in [-0.15, -0.1) is 0 Å². The number of hydrogen-bond acceptors (Lipinski definition) is 2. The number of rotatable bonds is 2. The van der Waals surface area contributed by atoms with Crippen LogP contribution in [-0.2, 0) is 4.74 Å². The van der Waals surface area contributed by atoms with E-state index in [1.165, 1.54) is 6.42 Å². The van der Waals surface area contributed by atoms with Crippen molar-refractivity contribution in [3.63, 3.8) is 0 Å². The molecule has 1 heterocycles. The summed E-state index contributed by atoms with van der Waals surface area (Å²) in [4.78, 5) is 0. The molecule has 0 aromatic rings. The maximum absolute atomic E-state index is 6.06. The summed E-state index contributed by atoms with van der Waals surface area (Å²) in [6, 6.07) is 0.404. The molecule has 0 radical (unpaired) electrons. The molecule has 0 amide bonds. The van der Waals surface area contributed by atoms with Gasteiger partial charge in [-0.25, -0.2) is 0 Å². The summed E-state index contributed by atoms with van der Waals surface area (Å²) in [7, 11) is 0. The predicted molar refractivity (Wildman–Crippen MR) is 48.8 cm³/mol. The lowest BCUT2D eigenvalue weighted by atomic mass is 9.75. The van der Waals surface area contributed by atoms with Gasteiger partial charge in [-0.05, 0) is 17.8 Å². The summed E-state index contributed by atoms with van der Waals surface area (Å²) in [5.41, 5.74) is 6.85. The van der Waals surface area contributed by atoms with E-state index in [2.05, 4.69) is 20.8 Å². The van der Waals surface area contributed by atoms with Gasteiger partial charge in [-0.3, -0.25) is 0 Å². The van der Waals surface area contributed by atoms with E-state index in [0.29, 0.717) is 22.8 Å². The predicted octanol–water partition coefficient (Wildman–Crippen LogP) is 1.40. The minimum absolute atomic E-state index is 0.361. The average molecular weight is 169 g/mol. The van der Waals surface area contributed by atoms with Crippen molar-refractivity contribution >= 4 is 0 Å². The molecule has 2 fully saturated rings. The van der Waals surface area contributed by atoms with Gasteiger partial charge in [0.05, 0.1) is 13.2 Å². The fourth-order valence-corrected chi connectivity index (χ4v) is 2.82. The molecular formula is C10H19NO. The Morgan fingerprint density at radius 3 is 2.00 bits per heavy atom. The van der Waals surface area contributed by atoms with Crippen LogP contribution < -0.4 is 5.73 Å². The molecule has 0 unspecified atom stereocenters. The van der Waals surface area contributed by atoms with Gasteiger partial charge in [0.15, 0.2) is 0 Å². The molecule has 1 aliphatic heterocycles. The summed E-state index contributed by atoms with van der Waals surface area (Å²) in [5.74, 6) is 0.698. The maximum atomic E-state index is 6.06. The molecule has 2 atom stereocenters. The molecule has 0 spiro atoms. The molecule has 1 aliphatic carbocycles. The zero-order valence-corrected chi connectivity index (χ0v) is 8.26. The lowest BCUT2D eigenvalue weighted by Crippen LogP contribution is -2.45. The molecule has 2 nitrogen and oxygen atoms in total. The van der Waals surface area contributed by atoms with E-state index in [-0.39, 0.29) is 0 Å². The van der Waals surface area contributed by atoms with Gasteiger partial charge in [0, 0.05) is 11.5 Å². The van der Waals surface area contributed by atoms with Gasteiger partial charge < -0.3 is 10.5 Å². The molecule has 0 aromatic carbocycles. The van der Waals surface area contributed by atoms with E-state index < -0.39 is 0 Å². The fraction of sp³-hybridized carbons (Fsp3) is 1.00. The summed E-state index contributed by atoms with van der Waals surface area (Å²) >= 11 is 0. The molecule has 0 bridgehead atoms. The first kappa shape index (κ1) is 8.52. The Balaban J connectivity index is 2.11. The third-order valence-corrected chi connectivity index (χ3v) is 4.05. The smallest absolute Gasteiger partial charge is 0.0548 e. The molecule has 70 valence electrons. The summed E-state index contributed by atoms with van der Waals surface area (Å²) < 4.78 is 5.32. The van der Waals surface area contributed by atoms with Crippen molar-refractivity contribution in [2.75, 3.05) is 13.2 Å². The van der Waals surface area contributed by atoms with Crippen molar-refractivity contribution in [1.82, 2.24) is 0 Å². The van der Waals surface area contributed by atoms with Crippen LogP contribution in [0.1, 0.15) is 27.2 Å². The molecule has 2 aliphatic rings. The Morgan fingerprint density at radius 1 is 1.42 bits per heavy atom. The lowest BCUT2D eigenvalue weighted by Gasteiger charge is -2.42. The van der Waals surface area contributed by atoms with Gasteiger partial charge in [0.2, 0.25) is 0 Å². The van der Waals surface area contributed by atoms with Crippen molar-refractivity contribution in [3.05, 3.63) is 0 Å². The first-order chi connectivity index (χ1) is 5.54. The van der Waals surface area contributed by atoms with Crippen LogP contribution in [-0.4, -0.2) is 19.3 Å². The zero-order chi connectivity index (χ0) is 8.98. The quantitative estimate of drug-likeness (QED) is 0.678. The first-order valence-corrected chi connectivity index (χ1v) is 4.88. The van der Waals surface area contributed by atoms with Crippen molar-refractivity contribution in [2.24, 2.45) is 22.5 Å². The van der Waals surface area contributed by atoms with Crippen LogP contribution in [0.3, 0.4) is 0 Å². The minimum atomic E-state index is 0.361. The highest BCUT2D eigenvalue weighted by atomic mass is 16.5. The first-order valence-electron chi connectivity index (χ1n) is 4.88. The van der Waals surface area contributed by atoms with E-state index in [1.54, 1.807) is 0 Å². The Labute approximate surface area is 74.5 Å². The molecule has 2 heteroatoms. The lowest BCUT2D eigenvalue weighted by molar-refractivity contribution is -0.134. The maximum Gasteiger partial charge on any atom is 0.0548 e. The standard InChI is InChI=1S/C10H19NO/c1-4-10(5-12-6-10)7-8(11)9(7,2)3/h7-8H,4-6,11H2,1-3H3/t7-,8-/m1/s1. The SMILES string of the molecule is CCC1([C@@H]2[C@@H](N)C2(C)C)COC1. The Kier molecular flexibility index (Phi) is 1.59. The monoisotopic (exact) mass is 169 g/mol. The van der Waals surface area contributed by atoms with Gasteiger partial charge in [-0.2, -0.15) is 0 Å². The summed E-state index contributed by atoms with van der Waals surface area (Å²) in [6.07, 6.45) is 1.22. The number of hydrogen-bond donors (Lipinski definition) is 1. The van der Waals surface area contributed by atoms with E-state index in [4.69, 9.17) is 10.5 Å². The topological polar surface area (TPSA) is 35.2 Å². The van der Waals surface area contributed by atoms with E-state index in [0.717, 1.165) is 13.2 Å². The van der Waals surface area contributed by atoms with Crippen molar-refractivity contribution in [3.8, 4) is 0 Å². The fourth-order valence-electron chi connectivity index (χ4n) is 2.82. The van der Waals surface area contributed by atoms with Gasteiger partial charge in [0.1, 0.15) is 0 Å². The van der Waals surface area contributed by atoms with Gasteiger partial charge >= 0.3 is 0 Å². The number of ether oxygens (including phenoxy) is 1. The minimum Gasteiger partial charge on any atom is -0.380 e. The molecule has 2 rings (SSSR count). The average Bonchev–Trinajstić information content (AvgIpc) is 2.38. The summed E-state index contributed by atoms with van der Waals surface area (Å²) in [5, 5.41) is 0. The van der Waals surface area contributed by atoms with Crippen LogP contribution in [0.2, 0.25) is 0 Å². The van der Waals surface area contributed by atoms with Gasteiger partial charge in [-0.1, -0.05) is 20.8 Å². The molecule has 2 N–H and O–H groups in total. The van der Waals surface area contributed by atoms with E-state index in [9.17, 15) is 0 Å². The molecule has 12 heavy (non-hydrogen) atoms. The summed E-state index contributed by atoms with van der Waals surface area (Å²) in [6.45, 7) is 8.68. The second-order valence-corrected chi connectivity index (χ2v) is 5.03. The number of nitrogens with two attached hydrogens (primary N) is 1. The highest BCUT2D eigenvalue weighted by Crippen LogP contribution is 2.62. The van der Waals surface area contributed by atoms with Crippen LogP contribution in [0.4, 0.5) is 0 Å². The van der Waals surface area contributed by atoms with Crippen molar-refractivity contribution in [2.45, 2.75) is 33.2 Å². The molecule has 1 saturated carbocycles. The highest BCUT2D eigenvalue weighted by Gasteiger charge is 2.66. The van der Waals surface area contributed by atoms with Crippen molar-refractivity contribution < 1.29 is 4.74 Å². The van der Waals surface area contributed by atoms with Crippen molar-refractivity contribution in [1.29, 1.82) is 0 Å². The van der Waals surface area contributed by atoms with E-state index in [1.807, 2.05) is 0 Å².